The molecule has 0 bridgehead atoms. The summed E-state index contributed by atoms with van der Waals surface area (Å²) in [5, 5.41) is 2.46. The largest absolute Gasteiger partial charge is 0.345 e. The highest BCUT2D eigenvalue weighted by molar-refractivity contribution is 5.90. The maximum Gasteiger partial charge on any atom is 0.0468 e. The van der Waals surface area contributed by atoms with Crippen molar-refractivity contribution in [2.45, 2.75) is 0 Å². The van der Waals surface area contributed by atoms with Gasteiger partial charge in [0.15, 0.2) is 0 Å². The Bertz CT molecular complexity index is 1980. The fraction of sp³-hybridized carbons (Fsp3) is 0.0244. The van der Waals surface area contributed by atoms with E-state index in [9.17, 15) is 0 Å². The molecule has 0 saturated heterocycles. The maximum atomic E-state index is 2.35. The molecule has 2 nitrogen and oxygen atoms in total. The Morgan fingerprint density at radius 3 is 1.42 bits per heavy atom. The number of anilines is 5. The summed E-state index contributed by atoms with van der Waals surface area (Å²) in [4.78, 5) is 4.59. The molecule has 0 aromatic heterocycles. The van der Waals surface area contributed by atoms with E-state index in [2.05, 4.69) is 193 Å². The zero-order valence-corrected chi connectivity index (χ0v) is 24.1. The molecule has 0 radical (unpaired) electrons. The third-order valence-corrected chi connectivity index (χ3v) is 8.04. The Balaban J connectivity index is 1.27. The number of rotatable bonds is 7. The van der Waals surface area contributed by atoms with Crippen LogP contribution in [-0.4, -0.2) is 7.05 Å². The second-order valence-corrected chi connectivity index (χ2v) is 10.8. The van der Waals surface area contributed by atoms with Gasteiger partial charge in [0, 0.05) is 35.5 Å². The van der Waals surface area contributed by atoms with Crippen LogP contribution in [0.5, 0.6) is 0 Å². The first kappa shape index (κ1) is 26.3. The normalized spacial score (nSPS) is 10.9. The lowest BCUT2D eigenvalue weighted by molar-refractivity contribution is 1.20. The molecule has 0 saturated carbocycles. The van der Waals surface area contributed by atoms with E-state index in [1.165, 1.54) is 33.0 Å². The van der Waals surface area contributed by atoms with Gasteiger partial charge in [-0.25, -0.2) is 0 Å². The first-order chi connectivity index (χ1) is 21.2. The zero-order valence-electron chi connectivity index (χ0n) is 24.1. The lowest BCUT2D eigenvalue weighted by Gasteiger charge is -2.27. The summed E-state index contributed by atoms with van der Waals surface area (Å²) >= 11 is 0. The molecule has 7 aromatic carbocycles. The van der Waals surface area contributed by atoms with Gasteiger partial charge in [-0.15, -0.1) is 0 Å². The summed E-state index contributed by atoms with van der Waals surface area (Å²) in [5.41, 5.74) is 10.5. The quantitative estimate of drug-likeness (QED) is 0.194. The molecule has 0 unspecified atom stereocenters. The average molecular weight is 553 g/mol. The second kappa shape index (κ2) is 11.7. The fourth-order valence-electron chi connectivity index (χ4n) is 5.72. The molecule has 0 atom stereocenters. The molecular formula is C41H32N2. The molecule has 0 N–H and O–H groups in total. The molecule has 0 fully saturated rings. The Kier molecular flexibility index (Phi) is 7.17. The second-order valence-electron chi connectivity index (χ2n) is 10.8. The first-order valence-electron chi connectivity index (χ1n) is 14.7. The van der Waals surface area contributed by atoms with Crippen LogP contribution in [0.2, 0.25) is 0 Å². The van der Waals surface area contributed by atoms with E-state index >= 15 is 0 Å². The van der Waals surface area contributed by atoms with Crippen molar-refractivity contribution in [2.24, 2.45) is 0 Å². The van der Waals surface area contributed by atoms with Crippen LogP contribution in [0.25, 0.3) is 33.0 Å². The Labute approximate surface area is 253 Å². The third-order valence-electron chi connectivity index (χ3n) is 8.04. The number of benzene rings is 7. The number of nitrogens with zero attached hydrogens (tertiary/aromatic N) is 2. The van der Waals surface area contributed by atoms with Gasteiger partial charge in [-0.1, -0.05) is 115 Å². The predicted molar refractivity (Wildman–Crippen MR) is 184 cm³/mol. The van der Waals surface area contributed by atoms with Crippen LogP contribution in [0.1, 0.15) is 0 Å². The number of hydrogen-bond acceptors (Lipinski definition) is 2. The van der Waals surface area contributed by atoms with Gasteiger partial charge in [0.05, 0.1) is 0 Å². The minimum atomic E-state index is 1.11. The molecule has 0 heterocycles. The van der Waals surface area contributed by atoms with Crippen LogP contribution in [0.4, 0.5) is 28.4 Å². The van der Waals surface area contributed by atoms with Crippen molar-refractivity contribution in [1.82, 2.24) is 0 Å². The molecular weight excluding hydrogens is 520 g/mol. The highest BCUT2D eigenvalue weighted by Gasteiger charge is 2.15. The summed E-state index contributed by atoms with van der Waals surface area (Å²) in [5.74, 6) is 0. The van der Waals surface area contributed by atoms with Gasteiger partial charge in [0.1, 0.15) is 0 Å². The molecule has 206 valence electrons. The Morgan fingerprint density at radius 2 is 0.767 bits per heavy atom. The summed E-state index contributed by atoms with van der Waals surface area (Å²) in [7, 11) is 2.13. The van der Waals surface area contributed by atoms with E-state index in [4.69, 9.17) is 0 Å². The van der Waals surface area contributed by atoms with Crippen LogP contribution >= 0.6 is 0 Å². The number of fused-ring (bicyclic) bond motifs is 1. The zero-order chi connectivity index (χ0) is 29.0. The predicted octanol–water partition coefficient (Wildman–Crippen LogP) is 11.4. The molecule has 0 aliphatic carbocycles. The monoisotopic (exact) mass is 552 g/mol. The summed E-state index contributed by atoms with van der Waals surface area (Å²) in [6, 6.07) is 62.7. The minimum Gasteiger partial charge on any atom is -0.345 e. The molecule has 43 heavy (non-hydrogen) atoms. The molecule has 0 aliphatic heterocycles. The summed E-state index contributed by atoms with van der Waals surface area (Å²) in [6.07, 6.45) is 0. The van der Waals surface area contributed by atoms with Gasteiger partial charge in [0.2, 0.25) is 0 Å². The van der Waals surface area contributed by atoms with Gasteiger partial charge in [0.25, 0.3) is 0 Å². The van der Waals surface area contributed by atoms with Crippen LogP contribution in [-0.2, 0) is 0 Å². The van der Waals surface area contributed by atoms with Gasteiger partial charge in [-0.2, -0.15) is 0 Å². The van der Waals surface area contributed by atoms with Crippen LogP contribution in [0.3, 0.4) is 0 Å². The first-order valence-corrected chi connectivity index (χ1v) is 14.7. The average Bonchev–Trinajstić information content (AvgIpc) is 3.09. The smallest absolute Gasteiger partial charge is 0.0468 e. The summed E-state index contributed by atoms with van der Waals surface area (Å²) < 4.78 is 0. The topological polar surface area (TPSA) is 6.48 Å². The summed E-state index contributed by atoms with van der Waals surface area (Å²) in [6.45, 7) is 0. The van der Waals surface area contributed by atoms with E-state index in [-0.39, 0.29) is 0 Å². The SMILES string of the molecule is CN(c1ccc(N(c2cccc(-c3ccccc3)c2)c2ccc3ccccc3c2)cc1)c1cccc(-c2ccccc2)c1. The van der Waals surface area contributed by atoms with Crippen molar-refractivity contribution < 1.29 is 0 Å². The van der Waals surface area contributed by atoms with Crippen molar-refractivity contribution in [3.63, 3.8) is 0 Å². The van der Waals surface area contributed by atoms with Crippen LogP contribution < -0.4 is 9.80 Å². The highest BCUT2D eigenvalue weighted by atomic mass is 15.1. The molecule has 0 aliphatic rings. The fourth-order valence-corrected chi connectivity index (χ4v) is 5.72. The van der Waals surface area contributed by atoms with Crippen molar-refractivity contribution in [3.05, 3.63) is 176 Å². The molecule has 7 rings (SSSR count). The van der Waals surface area contributed by atoms with E-state index in [0.717, 1.165) is 28.4 Å². The van der Waals surface area contributed by atoms with Crippen molar-refractivity contribution >= 4 is 39.2 Å². The van der Waals surface area contributed by atoms with Crippen LogP contribution in [0, 0.1) is 0 Å². The highest BCUT2D eigenvalue weighted by Crippen LogP contribution is 2.39. The van der Waals surface area contributed by atoms with E-state index in [1.807, 2.05) is 0 Å². The lowest BCUT2D eigenvalue weighted by atomic mass is 10.0. The van der Waals surface area contributed by atoms with E-state index in [0.29, 0.717) is 0 Å². The van der Waals surface area contributed by atoms with Gasteiger partial charge in [-0.3, -0.25) is 0 Å². The van der Waals surface area contributed by atoms with Gasteiger partial charge < -0.3 is 9.80 Å². The van der Waals surface area contributed by atoms with Gasteiger partial charge >= 0.3 is 0 Å². The Morgan fingerprint density at radius 1 is 0.302 bits per heavy atom. The minimum absolute atomic E-state index is 1.11. The molecule has 2 heteroatoms. The standard InChI is InChI=1S/C41H32N2/c1-42(39-20-10-18-35(28-39)31-12-4-2-5-13-31)37-24-26-38(27-25-37)43(41-23-22-33-16-8-9-17-34(33)30-41)40-21-11-19-36(29-40)32-14-6-3-7-15-32/h2-30H,1H3. The lowest BCUT2D eigenvalue weighted by Crippen LogP contribution is -2.12. The van der Waals surface area contributed by atoms with E-state index in [1.54, 1.807) is 0 Å². The molecule has 0 amide bonds. The third kappa shape index (κ3) is 5.51. The molecule has 7 aromatic rings. The van der Waals surface area contributed by atoms with E-state index < -0.39 is 0 Å². The van der Waals surface area contributed by atoms with Crippen molar-refractivity contribution in [1.29, 1.82) is 0 Å². The number of hydrogen-bond donors (Lipinski definition) is 0. The van der Waals surface area contributed by atoms with Crippen LogP contribution in [0.15, 0.2) is 176 Å². The molecule has 0 spiro atoms. The Hall–Kier alpha value is -5.60. The van der Waals surface area contributed by atoms with Crippen molar-refractivity contribution in [2.75, 3.05) is 16.8 Å². The van der Waals surface area contributed by atoms with Gasteiger partial charge in [-0.05, 0) is 93.7 Å². The maximum absolute atomic E-state index is 2.35. The van der Waals surface area contributed by atoms with Crippen molar-refractivity contribution in [3.8, 4) is 22.3 Å².